The average Bonchev–Trinajstić information content (AvgIpc) is 2.55. The normalized spacial score (nSPS) is 20.9. The van der Waals surface area contributed by atoms with Crippen molar-refractivity contribution in [2.24, 2.45) is 5.11 Å². The van der Waals surface area contributed by atoms with Crippen molar-refractivity contribution in [1.29, 1.82) is 0 Å². The van der Waals surface area contributed by atoms with Crippen LogP contribution in [0.4, 0.5) is 0 Å². The Labute approximate surface area is 122 Å². The summed E-state index contributed by atoms with van der Waals surface area (Å²) in [5, 5.41) is 3.65. The molecular weight excluding hydrogens is 266 g/mol. The van der Waals surface area contributed by atoms with Crippen LogP contribution in [0, 0.1) is 0 Å². The number of hydrogen-bond donors (Lipinski definition) is 0. The summed E-state index contributed by atoms with van der Waals surface area (Å²) >= 11 is 0. The first-order valence-electron chi connectivity index (χ1n) is 6.47. The van der Waals surface area contributed by atoms with Crippen LogP contribution in [-0.2, 0) is 4.74 Å². The van der Waals surface area contributed by atoms with Gasteiger partial charge in [-0.2, -0.15) is 0 Å². The van der Waals surface area contributed by atoms with Crippen molar-refractivity contribution in [3.05, 3.63) is 82.3 Å². The van der Waals surface area contributed by atoms with E-state index in [1.54, 1.807) is 30.4 Å². The minimum absolute atomic E-state index is 0.0523. The van der Waals surface area contributed by atoms with Crippen molar-refractivity contribution in [2.75, 3.05) is 7.11 Å². The molecule has 0 amide bonds. The van der Waals surface area contributed by atoms with Crippen LogP contribution >= 0.6 is 0 Å². The number of hydrogen-bond acceptors (Lipinski definition) is 3. The molecule has 0 saturated heterocycles. The monoisotopic (exact) mass is 281 g/mol. The Morgan fingerprint density at radius 2 is 2.19 bits per heavy atom. The third-order valence-corrected chi connectivity index (χ3v) is 3.22. The van der Waals surface area contributed by atoms with Gasteiger partial charge >= 0.3 is 0 Å². The largest absolute Gasteiger partial charge is 0.368 e. The Bertz CT molecular complexity index is 655. The van der Waals surface area contributed by atoms with E-state index in [2.05, 4.69) is 10.0 Å². The van der Waals surface area contributed by atoms with Gasteiger partial charge in [0.1, 0.15) is 0 Å². The van der Waals surface area contributed by atoms with Crippen molar-refractivity contribution in [3.63, 3.8) is 0 Å². The maximum atomic E-state index is 11.9. The molecule has 1 atom stereocenters. The summed E-state index contributed by atoms with van der Waals surface area (Å²) in [5.41, 5.74) is 9.11. The molecule has 5 heteroatoms. The van der Waals surface area contributed by atoms with Crippen molar-refractivity contribution in [3.8, 4) is 0 Å². The summed E-state index contributed by atoms with van der Waals surface area (Å²) in [6.07, 6.45) is 9.03. The molecule has 2 rings (SSSR count). The summed E-state index contributed by atoms with van der Waals surface area (Å²) in [5.74, 6) is -0.0523. The summed E-state index contributed by atoms with van der Waals surface area (Å²) < 4.78 is 5.22. The Kier molecular flexibility index (Phi) is 4.72. The highest BCUT2D eigenvalue weighted by Gasteiger charge is 2.25. The van der Waals surface area contributed by atoms with Crippen LogP contribution in [0.1, 0.15) is 16.8 Å². The molecule has 1 aliphatic rings. The number of ether oxygens (including phenoxy) is 1. The topological polar surface area (TPSA) is 75.1 Å². The van der Waals surface area contributed by atoms with Crippen LogP contribution < -0.4 is 0 Å². The molecule has 0 radical (unpaired) electrons. The summed E-state index contributed by atoms with van der Waals surface area (Å²) in [6.45, 7) is 0. The third kappa shape index (κ3) is 3.69. The molecular formula is C16H15N3O2. The Hall–Kier alpha value is -2.62. The lowest BCUT2D eigenvalue weighted by atomic mass is 9.99. The number of azide groups is 1. The smallest absolute Gasteiger partial charge is 0.185 e. The number of rotatable bonds is 5. The number of benzene rings is 1. The zero-order chi connectivity index (χ0) is 15.1. The molecule has 0 heterocycles. The van der Waals surface area contributed by atoms with Crippen LogP contribution in [0.2, 0.25) is 0 Å². The zero-order valence-corrected chi connectivity index (χ0v) is 11.6. The van der Waals surface area contributed by atoms with E-state index < -0.39 is 5.72 Å². The molecule has 0 saturated carbocycles. The van der Waals surface area contributed by atoms with Gasteiger partial charge < -0.3 is 4.74 Å². The highest BCUT2D eigenvalue weighted by Crippen LogP contribution is 2.26. The fourth-order valence-electron chi connectivity index (χ4n) is 1.96. The highest BCUT2D eigenvalue weighted by atomic mass is 16.5. The molecule has 106 valence electrons. The molecule has 0 N–H and O–H groups in total. The van der Waals surface area contributed by atoms with Crippen LogP contribution in [0.25, 0.3) is 10.4 Å². The van der Waals surface area contributed by atoms with Gasteiger partial charge in [-0.25, -0.2) is 0 Å². The number of nitrogens with zero attached hydrogens (tertiary/aromatic N) is 3. The summed E-state index contributed by atoms with van der Waals surface area (Å²) in [7, 11) is 1.49. The lowest BCUT2D eigenvalue weighted by molar-refractivity contribution is 0.0398. The van der Waals surface area contributed by atoms with Gasteiger partial charge in [-0.3, -0.25) is 4.79 Å². The minimum Gasteiger partial charge on any atom is -0.368 e. The van der Waals surface area contributed by atoms with Gasteiger partial charge in [-0.05, 0) is 23.3 Å². The summed E-state index contributed by atoms with van der Waals surface area (Å²) in [6, 6.07) is 9.07. The van der Waals surface area contributed by atoms with Crippen LogP contribution in [0.3, 0.4) is 0 Å². The maximum absolute atomic E-state index is 11.9. The first-order valence-corrected chi connectivity index (χ1v) is 6.47. The quantitative estimate of drug-likeness (QED) is 0.269. The van der Waals surface area contributed by atoms with Crippen molar-refractivity contribution < 1.29 is 9.53 Å². The van der Waals surface area contributed by atoms with Crippen molar-refractivity contribution in [2.45, 2.75) is 12.1 Å². The highest BCUT2D eigenvalue weighted by molar-refractivity contribution is 6.04. The molecule has 5 nitrogen and oxygen atoms in total. The number of allylic oxidation sites excluding steroid dienone is 4. The third-order valence-electron chi connectivity index (χ3n) is 3.22. The van der Waals surface area contributed by atoms with E-state index >= 15 is 0 Å². The number of methoxy groups -OCH3 is 1. The Morgan fingerprint density at radius 1 is 1.43 bits per heavy atom. The first-order chi connectivity index (χ1) is 10.2. The van der Waals surface area contributed by atoms with Gasteiger partial charge in [0.25, 0.3) is 0 Å². The minimum atomic E-state index is -0.963. The Morgan fingerprint density at radius 3 is 2.76 bits per heavy atom. The number of ketones is 1. The van der Waals surface area contributed by atoms with Gasteiger partial charge in [0.2, 0.25) is 0 Å². The first kappa shape index (κ1) is 14.8. The lowest BCUT2D eigenvalue weighted by Gasteiger charge is -2.24. The second-order valence-electron chi connectivity index (χ2n) is 4.54. The van der Waals surface area contributed by atoms with Crippen LogP contribution in [0.5, 0.6) is 0 Å². The number of carbonyl (C=O) groups is 1. The molecule has 21 heavy (non-hydrogen) atoms. The average molecular weight is 281 g/mol. The van der Waals surface area contributed by atoms with Gasteiger partial charge in [0, 0.05) is 24.0 Å². The molecule has 1 aliphatic carbocycles. The van der Waals surface area contributed by atoms with E-state index in [1.165, 1.54) is 13.2 Å². The van der Waals surface area contributed by atoms with Gasteiger partial charge in [-0.1, -0.05) is 53.7 Å². The molecule has 0 aliphatic heterocycles. The number of carbonyl (C=O) groups excluding carboxylic acids is 1. The van der Waals surface area contributed by atoms with E-state index in [0.29, 0.717) is 12.0 Å². The Balaban J connectivity index is 2.06. The van der Waals surface area contributed by atoms with Crippen molar-refractivity contribution in [1.82, 2.24) is 0 Å². The second-order valence-corrected chi connectivity index (χ2v) is 4.54. The summed E-state index contributed by atoms with van der Waals surface area (Å²) in [4.78, 5) is 14.7. The van der Waals surface area contributed by atoms with Crippen LogP contribution in [0.15, 0.2) is 71.4 Å². The van der Waals surface area contributed by atoms with Crippen LogP contribution in [-0.4, -0.2) is 18.6 Å². The van der Waals surface area contributed by atoms with Gasteiger partial charge in [0.15, 0.2) is 11.5 Å². The lowest BCUT2D eigenvalue weighted by Crippen LogP contribution is -2.26. The fourth-order valence-corrected chi connectivity index (χ4v) is 1.96. The maximum Gasteiger partial charge on any atom is 0.185 e. The van der Waals surface area contributed by atoms with E-state index in [9.17, 15) is 4.79 Å². The second kappa shape index (κ2) is 6.70. The van der Waals surface area contributed by atoms with E-state index in [4.69, 9.17) is 10.3 Å². The molecule has 0 bridgehead atoms. The van der Waals surface area contributed by atoms with E-state index in [1.807, 2.05) is 24.3 Å². The molecule has 0 aromatic heterocycles. The molecule has 0 fully saturated rings. The van der Waals surface area contributed by atoms with Gasteiger partial charge in [0.05, 0.1) is 0 Å². The van der Waals surface area contributed by atoms with Crippen molar-refractivity contribution >= 4 is 5.78 Å². The standard InChI is InChI=1S/C16H15N3O2/c1-21-16(18-19-17)11-9-13(10-12-16)7-8-15(20)14-5-3-2-4-6-14/h2-11H,12H2,1H3. The van der Waals surface area contributed by atoms with E-state index in [0.717, 1.165) is 5.57 Å². The molecule has 0 spiro atoms. The predicted molar refractivity (Wildman–Crippen MR) is 80.6 cm³/mol. The molecule has 1 unspecified atom stereocenters. The molecule has 1 aromatic rings. The predicted octanol–water partition coefficient (Wildman–Crippen LogP) is 3.96. The molecule has 1 aromatic carbocycles. The fraction of sp³-hybridized carbons (Fsp3) is 0.188. The SMILES string of the molecule is COC1(N=[N+]=[N-])C=CC(C=CC(=O)c2ccccc2)=CC1. The zero-order valence-electron chi connectivity index (χ0n) is 11.6. The van der Waals surface area contributed by atoms with Gasteiger partial charge in [-0.15, -0.1) is 0 Å². The van der Waals surface area contributed by atoms with E-state index in [-0.39, 0.29) is 5.78 Å².